The lowest BCUT2D eigenvalue weighted by molar-refractivity contribution is 0.123. The molecule has 0 spiro atoms. The molecular formula is C54H76N12O2. The van der Waals surface area contributed by atoms with Crippen molar-refractivity contribution in [3.63, 3.8) is 0 Å². The van der Waals surface area contributed by atoms with Crippen LogP contribution in [0.4, 0.5) is 11.6 Å². The average Bonchev–Trinajstić information content (AvgIpc) is 4.17. The van der Waals surface area contributed by atoms with Gasteiger partial charge in [-0.1, -0.05) is 24.3 Å². The quantitative estimate of drug-likeness (QED) is 0.114. The van der Waals surface area contributed by atoms with Gasteiger partial charge in [-0.25, -0.2) is 9.97 Å². The summed E-state index contributed by atoms with van der Waals surface area (Å²) >= 11 is 0. The predicted octanol–water partition coefficient (Wildman–Crippen LogP) is 7.30. The first-order valence-electron chi connectivity index (χ1n) is 25.4. The fraction of sp³-hybridized carbons (Fsp3) is 0.556. The summed E-state index contributed by atoms with van der Waals surface area (Å²) in [6.45, 7) is 14.4. The molecule has 8 heterocycles. The normalized spacial score (nSPS) is 20.8. The number of aromatic nitrogens is 6. The Hall–Kier alpha value is -4.96. The highest BCUT2D eigenvalue weighted by Gasteiger charge is 2.34. The average molecular weight is 925 g/mol. The maximum Gasteiger partial charge on any atom is 0.138 e. The van der Waals surface area contributed by atoms with Crippen molar-refractivity contribution in [2.24, 2.45) is 0 Å². The topological polar surface area (TPSA) is 120 Å². The molecule has 14 heteroatoms. The van der Waals surface area contributed by atoms with Gasteiger partial charge in [0.25, 0.3) is 0 Å². The third-order valence-electron chi connectivity index (χ3n) is 15.5. The van der Waals surface area contributed by atoms with E-state index < -0.39 is 0 Å². The van der Waals surface area contributed by atoms with Crippen molar-refractivity contribution < 1.29 is 10.2 Å². The Morgan fingerprint density at radius 3 is 1.37 bits per heavy atom. The second-order valence-corrected chi connectivity index (χ2v) is 20.6. The summed E-state index contributed by atoms with van der Waals surface area (Å²) in [7, 11) is 8.62. The molecule has 364 valence electrons. The van der Waals surface area contributed by atoms with Gasteiger partial charge >= 0.3 is 0 Å². The van der Waals surface area contributed by atoms with Crippen molar-refractivity contribution in [2.75, 3.05) is 64.2 Å². The fourth-order valence-corrected chi connectivity index (χ4v) is 11.6. The molecule has 10 rings (SSSR count). The predicted molar refractivity (Wildman–Crippen MR) is 272 cm³/mol. The van der Waals surface area contributed by atoms with Gasteiger partial charge in [-0.05, 0) is 155 Å². The Labute approximate surface area is 404 Å². The molecule has 0 unspecified atom stereocenters. The highest BCUT2D eigenvalue weighted by Crippen LogP contribution is 2.38. The van der Waals surface area contributed by atoms with Crippen LogP contribution >= 0.6 is 0 Å². The molecule has 2 fully saturated rings. The van der Waals surface area contributed by atoms with Crippen molar-refractivity contribution in [3.05, 3.63) is 118 Å². The lowest BCUT2D eigenvalue weighted by Gasteiger charge is -2.37. The van der Waals surface area contributed by atoms with E-state index in [2.05, 4.69) is 143 Å². The molecule has 0 radical (unpaired) electrons. The Kier molecular flexibility index (Phi) is 14.8. The van der Waals surface area contributed by atoms with E-state index in [0.29, 0.717) is 37.3 Å². The summed E-state index contributed by atoms with van der Waals surface area (Å²) in [5.41, 5.74) is 10.7. The van der Waals surface area contributed by atoms with Crippen LogP contribution in [0.3, 0.4) is 0 Å². The molecule has 2 N–H and O–H groups in total. The van der Waals surface area contributed by atoms with Crippen LogP contribution in [0.2, 0.25) is 0 Å². The number of fused-ring (bicyclic) bond motifs is 4. The summed E-state index contributed by atoms with van der Waals surface area (Å²) < 4.78 is 4.36. The van der Waals surface area contributed by atoms with Crippen molar-refractivity contribution in [1.82, 2.24) is 48.3 Å². The number of hydrogen-bond donors (Lipinski definition) is 2. The Bertz CT molecular complexity index is 2460. The fourth-order valence-electron chi connectivity index (χ4n) is 11.6. The van der Waals surface area contributed by atoms with Gasteiger partial charge in [-0.3, -0.25) is 28.6 Å². The Morgan fingerprint density at radius 2 is 1.00 bits per heavy atom. The number of anilines is 2. The second-order valence-electron chi connectivity index (χ2n) is 20.6. The molecular weight excluding hydrogens is 849 g/mol. The van der Waals surface area contributed by atoms with Gasteiger partial charge in [0.05, 0.1) is 59.5 Å². The van der Waals surface area contributed by atoms with Gasteiger partial charge < -0.3 is 29.8 Å². The SMILES string of the molecule is CC(C)N(Cc1nc2cccc(N3CC[C@@H](N(C)C)C3)n2c1CO)[C@H]1CCCc2cccnc21.CC(C)N(Cc1nc2cccc(N3CC[C@@H](N(C)C)C3)n2c1CO)[C@H]1CCCc2cccnc21. The number of hydrogen-bond acceptors (Lipinski definition) is 12. The number of aryl methyl sites for hydroxylation is 2. The van der Waals surface area contributed by atoms with Crippen LogP contribution < -0.4 is 9.80 Å². The highest BCUT2D eigenvalue weighted by atomic mass is 16.3. The number of likely N-dealkylation sites (N-methyl/N-ethyl adjacent to an activating group) is 2. The maximum absolute atomic E-state index is 10.5. The first-order valence-corrected chi connectivity index (χ1v) is 25.4. The zero-order chi connectivity index (χ0) is 47.6. The standard InChI is InChI=1S/2C27H38N6O/c2*1-19(2)32(23-10-5-8-20-9-7-14-28-27(20)23)17-22-24(18-34)33-25(29-22)11-6-12-26(33)31-15-13-21(16-31)30(3)4/h2*6-7,9,11-12,14,19,21,23,34H,5,8,10,13,15-18H2,1-4H3/t2*21-,23+/m11/s1. The molecule has 0 saturated carbocycles. The zero-order valence-electron chi connectivity index (χ0n) is 42.0. The zero-order valence-corrected chi connectivity index (χ0v) is 42.0. The minimum atomic E-state index is -0.0239. The van der Waals surface area contributed by atoms with Gasteiger partial charge in [-0.15, -0.1) is 0 Å². The van der Waals surface area contributed by atoms with E-state index in [1.807, 2.05) is 24.5 Å². The lowest BCUT2D eigenvalue weighted by atomic mass is 9.90. The molecule has 14 nitrogen and oxygen atoms in total. The van der Waals surface area contributed by atoms with E-state index in [-0.39, 0.29) is 25.3 Å². The van der Waals surface area contributed by atoms with Crippen LogP contribution in [0, 0.1) is 0 Å². The first-order chi connectivity index (χ1) is 32.9. The van der Waals surface area contributed by atoms with E-state index in [4.69, 9.17) is 19.9 Å². The molecule has 0 bridgehead atoms. The van der Waals surface area contributed by atoms with Crippen LogP contribution in [0.5, 0.6) is 0 Å². The number of pyridine rings is 4. The van der Waals surface area contributed by atoms with E-state index in [1.54, 1.807) is 0 Å². The van der Waals surface area contributed by atoms with Gasteiger partial charge in [-0.2, -0.15) is 0 Å². The monoisotopic (exact) mass is 925 g/mol. The van der Waals surface area contributed by atoms with Gasteiger partial charge in [0.2, 0.25) is 0 Å². The van der Waals surface area contributed by atoms with Gasteiger partial charge in [0, 0.05) is 75.8 Å². The molecule has 68 heavy (non-hydrogen) atoms. The number of imidazole rings is 2. The molecule has 4 aliphatic rings. The van der Waals surface area contributed by atoms with Gasteiger partial charge in [0.15, 0.2) is 0 Å². The maximum atomic E-state index is 10.5. The molecule has 2 saturated heterocycles. The van der Waals surface area contributed by atoms with E-state index >= 15 is 0 Å². The number of aliphatic hydroxyl groups is 2. The third kappa shape index (κ3) is 9.65. The first kappa shape index (κ1) is 48.1. The largest absolute Gasteiger partial charge is 0.390 e. The van der Waals surface area contributed by atoms with Crippen LogP contribution in [0.25, 0.3) is 11.3 Å². The van der Waals surface area contributed by atoms with Gasteiger partial charge in [0.1, 0.15) is 22.9 Å². The minimum Gasteiger partial charge on any atom is -0.390 e. The van der Waals surface area contributed by atoms with Crippen molar-refractivity contribution >= 4 is 22.9 Å². The summed E-state index contributed by atoms with van der Waals surface area (Å²) in [6.07, 6.45) is 12.9. The summed E-state index contributed by atoms with van der Waals surface area (Å²) in [5.74, 6) is 2.26. The smallest absolute Gasteiger partial charge is 0.138 e. The van der Waals surface area contributed by atoms with Crippen LogP contribution in [0.15, 0.2) is 73.1 Å². The summed E-state index contributed by atoms with van der Waals surface area (Å²) in [6, 6.07) is 23.5. The second kappa shape index (κ2) is 21.0. The van der Waals surface area contributed by atoms with E-state index in [1.165, 1.54) is 35.4 Å². The molecule has 6 aromatic rings. The molecule has 2 aliphatic heterocycles. The summed E-state index contributed by atoms with van der Waals surface area (Å²) in [5, 5.41) is 21.0. The van der Waals surface area contributed by atoms with Crippen molar-refractivity contribution in [1.29, 1.82) is 0 Å². The number of rotatable bonds is 14. The molecule has 6 aromatic heterocycles. The molecule has 2 aliphatic carbocycles. The molecule has 4 atom stereocenters. The minimum absolute atomic E-state index is 0.0239. The van der Waals surface area contributed by atoms with Crippen LogP contribution in [0.1, 0.15) is 124 Å². The highest BCUT2D eigenvalue weighted by molar-refractivity contribution is 5.57. The Balaban J connectivity index is 0.000000170. The van der Waals surface area contributed by atoms with Crippen molar-refractivity contribution in [2.45, 2.75) is 142 Å². The van der Waals surface area contributed by atoms with Crippen molar-refractivity contribution in [3.8, 4) is 0 Å². The lowest BCUT2D eigenvalue weighted by Crippen LogP contribution is -2.37. The van der Waals surface area contributed by atoms with Crippen LogP contribution in [-0.2, 0) is 39.1 Å². The third-order valence-corrected chi connectivity index (χ3v) is 15.5. The number of aliphatic hydroxyl groups excluding tert-OH is 2. The van der Waals surface area contributed by atoms with E-state index in [0.717, 1.165) is 110 Å². The van der Waals surface area contributed by atoms with E-state index in [9.17, 15) is 10.2 Å². The molecule has 0 aromatic carbocycles. The molecule has 0 amide bonds. The summed E-state index contributed by atoms with van der Waals surface area (Å²) in [4.78, 5) is 34.2. The number of nitrogens with zero attached hydrogens (tertiary/aromatic N) is 12. The Morgan fingerprint density at radius 1 is 0.574 bits per heavy atom. The van der Waals surface area contributed by atoms with Crippen LogP contribution in [-0.4, -0.2) is 137 Å².